The molecule has 1 fully saturated rings. The highest BCUT2D eigenvalue weighted by atomic mass is 16.5. The first-order chi connectivity index (χ1) is 18.0. The molecule has 6 rings (SSSR count). The minimum Gasteiger partial charge on any atom is -0.497 e. The van der Waals surface area contributed by atoms with Gasteiger partial charge in [-0.05, 0) is 80.6 Å². The molecule has 2 aromatic carbocycles. The lowest BCUT2D eigenvalue weighted by molar-refractivity contribution is 0.339. The molecule has 0 atom stereocenters. The SMILES string of the molecule is COc1ccc(C2=NC3=NC(c4ccc(OC)cc4C)=NC4=NC(N5CCCCC5)=NC(=N2)N34)c(C)c1. The minimum atomic E-state index is 0.440. The quantitative estimate of drug-likeness (QED) is 0.643. The second-order valence-electron chi connectivity index (χ2n) is 9.26. The fourth-order valence-electron chi connectivity index (χ4n) is 4.78. The zero-order valence-corrected chi connectivity index (χ0v) is 21.4. The van der Waals surface area contributed by atoms with E-state index in [0.717, 1.165) is 59.7 Å². The van der Waals surface area contributed by atoms with E-state index in [1.54, 1.807) is 19.1 Å². The van der Waals surface area contributed by atoms with Crippen LogP contribution in [0.3, 0.4) is 0 Å². The van der Waals surface area contributed by atoms with Crippen molar-refractivity contribution in [3.63, 3.8) is 0 Å². The Morgan fingerprint density at radius 3 is 1.59 bits per heavy atom. The molecule has 0 amide bonds. The topological polar surface area (TPSA) is 99.1 Å². The molecule has 10 heteroatoms. The van der Waals surface area contributed by atoms with Crippen molar-refractivity contribution >= 4 is 35.5 Å². The first kappa shape index (κ1) is 23.1. The van der Waals surface area contributed by atoms with Gasteiger partial charge in [-0.3, -0.25) is 0 Å². The number of hydrogen-bond donors (Lipinski definition) is 0. The molecule has 4 aliphatic heterocycles. The Balaban J connectivity index is 1.50. The molecular weight excluding hydrogens is 468 g/mol. The zero-order chi connectivity index (χ0) is 25.5. The van der Waals surface area contributed by atoms with Gasteiger partial charge in [0.25, 0.3) is 0 Å². The molecule has 0 bridgehead atoms. The van der Waals surface area contributed by atoms with E-state index in [1.807, 2.05) is 50.2 Å². The van der Waals surface area contributed by atoms with E-state index in [0.29, 0.717) is 35.5 Å². The first-order valence-corrected chi connectivity index (χ1v) is 12.4. The van der Waals surface area contributed by atoms with Crippen molar-refractivity contribution in [3.05, 3.63) is 58.7 Å². The number of hydrogen-bond acceptors (Lipinski definition) is 10. The van der Waals surface area contributed by atoms with Crippen molar-refractivity contribution in [2.45, 2.75) is 33.1 Å². The molecular formula is C27H28N8O2. The first-order valence-electron chi connectivity index (χ1n) is 12.4. The number of likely N-dealkylation sites (tertiary alicyclic amines) is 1. The summed E-state index contributed by atoms with van der Waals surface area (Å²) in [4.78, 5) is 33.0. The third kappa shape index (κ3) is 4.18. The van der Waals surface area contributed by atoms with Gasteiger partial charge in [0.1, 0.15) is 11.5 Å². The number of ether oxygens (including phenoxy) is 2. The van der Waals surface area contributed by atoms with E-state index in [2.05, 4.69) is 4.90 Å². The van der Waals surface area contributed by atoms with Gasteiger partial charge in [-0.15, -0.1) is 0 Å². The molecule has 4 aliphatic rings. The maximum Gasteiger partial charge on any atom is 0.244 e. The average molecular weight is 497 g/mol. The molecule has 0 radical (unpaired) electrons. The number of rotatable bonds is 4. The van der Waals surface area contributed by atoms with E-state index in [1.165, 1.54) is 6.42 Å². The molecule has 10 nitrogen and oxygen atoms in total. The Labute approximate surface area is 215 Å². The smallest absolute Gasteiger partial charge is 0.244 e. The molecule has 1 saturated heterocycles. The number of amidine groups is 2. The van der Waals surface area contributed by atoms with Crippen LogP contribution in [-0.2, 0) is 0 Å². The van der Waals surface area contributed by atoms with Gasteiger partial charge in [-0.25, -0.2) is 4.90 Å². The summed E-state index contributed by atoms with van der Waals surface area (Å²) < 4.78 is 10.8. The maximum atomic E-state index is 5.39. The number of methoxy groups -OCH3 is 2. The lowest BCUT2D eigenvalue weighted by Gasteiger charge is -2.34. The standard InChI is InChI=1S/C27H28N8O2/c1-16-14-18(36-3)8-10-20(16)22-28-25-29-23(21-11-9-19(37-4)15-17(21)2)31-27-33-24(32-26(30-22)35(25)27)34-12-6-5-7-13-34/h8-11,14-15H,5-7,12-13H2,1-4H3. The van der Waals surface area contributed by atoms with Crippen LogP contribution in [0.25, 0.3) is 0 Å². The highest BCUT2D eigenvalue weighted by Crippen LogP contribution is 2.26. The van der Waals surface area contributed by atoms with Gasteiger partial charge in [-0.2, -0.15) is 30.0 Å². The highest BCUT2D eigenvalue weighted by molar-refractivity contribution is 6.33. The fraction of sp³-hybridized carbons (Fsp3) is 0.333. The summed E-state index contributed by atoms with van der Waals surface area (Å²) in [5.74, 6) is 4.66. The van der Waals surface area contributed by atoms with E-state index in [9.17, 15) is 0 Å². The number of benzene rings is 2. The summed E-state index contributed by atoms with van der Waals surface area (Å²) in [6.07, 6.45) is 3.45. The number of aliphatic imine (C=N–C) groups is 6. The normalized spacial score (nSPS) is 18.6. The van der Waals surface area contributed by atoms with Crippen LogP contribution in [0.1, 0.15) is 41.5 Å². The van der Waals surface area contributed by atoms with Gasteiger partial charge in [0.2, 0.25) is 23.8 Å². The summed E-state index contributed by atoms with van der Waals surface area (Å²) in [5.41, 5.74) is 3.77. The average Bonchev–Trinajstić information content (AvgIpc) is 2.92. The zero-order valence-electron chi connectivity index (χ0n) is 21.4. The lowest BCUT2D eigenvalue weighted by Crippen LogP contribution is -2.50. The lowest BCUT2D eigenvalue weighted by atomic mass is 10.1. The van der Waals surface area contributed by atoms with Crippen LogP contribution in [-0.4, -0.2) is 72.6 Å². The minimum absolute atomic E-state index is 0.440. The summed E-state index contributed by atoms with van der Waals surface area (Å²) >= 11 is 0. The van der Waals surface area contributed by atoms with Crippen LogP contribution >= 0.6 is 0 Å². The van der Waals surface area contributed by atoms with Gasteiger partial charge >= 0.3 is 0 Å². The molecule has 0 spiro atoms. The summed E-state index contributed by atoms with van der Waals surface area (Å²) in [6, 6.07) is 11.7. The van der Waals surface area contributed by atoms with Gasteiger partial charge in [0.15, 0.2) is 11.7 Å². The van der Waals surface area contributed by atoms with Crippen molar-refractivity contribution in [1.82, 2.24) is 9.80 Å². The molecule has 2 aromatic rings. The van der Waals surface area contributed by atoms with Gasteiger partial charge < -0.3 is 14.4 Å². The number of nitrogens with zero attached hydrogens (tertiary/aromatic N) is 8. The Kier molecular flexibility index (Phi) is 5.78. The van der Waals surface area contributed by atoms with Gasteiger partial charge in [0, 0.05) is 24.2 Å². The van der Waals surface area contributed by atoms with Crippen LogP contribution in [0, 0.1) is 13.8 Å². The predicted molar refractivity (Wildman–Crippen MR) is 146 cm³/mol. The largest absolute Gasteiger partial charge is 0.497 e. The van der Waals surface area contributed by atoms with Crippen molar-refractivity contribution < 1.29 is 9.47 Å². The molecule has 0 saturated carbocycles. The van der Waals surface area contributed by atoms with E-state index < -0.39 is 0 Å². The van der Waals surface area contributed by atoms with Crippen molar-refractivity contribution in [3.8, 4) is 11.5 Å². The highest BCUT2D eigenvalue weighted by Gasteiger charge is 2.37. The predicted octanol–water partition coefficient (Wildman–Crippen LogP) is 3.77. The second kappa shape index (κ2) is 9.27. The third-order valence-corrected chi connectivity index (χ3v) is 6.81. The second-order valence-corrected chi connectivity index (χ2v) is 9.26. The fourth-order valence-corrected chi connectivity index (χ4v) is 4.78. The number of piperidine rings is 1. The molecule has 0 aromatic heterocycles. The van der Waals surface area contributed by atoms with Crippen LogP contribution in [0.4, 0.5) is 0 Å². The van der Waals surface area contributed by atoms with Crippen LogP contribution in [0.2, 0.25) is 0 Å². The monoisotopic (exact) mass is 496 g/mol. The third-order valence-electron chi connectivity index (χ3n) is 6.81. The van der Waals surface area contributed by atoms with Gasteiger partial charge in [0.05, 0.1) is 14.2 Å². The van der Waals surface area contributed by atoms with Crippen LogP contribution < -0.4 is 9.47 Å². The molecule has 0 unspecified atom stereocenters. The number of guanidine groups is 4. The molecule has 188 valence electrons. The molecule has 37 heavy (non-hydrogen) atoms. The van der Waals surface area contributed by atoms with E-state index >= 15 is 0 Å². The Morgan fingerprint density at radius 2 is 1.08 bits per heavy atom. The van der Waals surface area contributed by atoms with Crippen LogP contribution in [0.15, 0.2) is 66.4 Å². The summed E-state index contributed by atoms with van der Waals surface area (Å²) in [6.45, 7) is 5.85. The number of aryl methyl sites for hydroxylation is 2. The Morgan fingerprint density at radius 1 is 0.595 bits per heavy atom. The Hall–Kier alpha value is -4.34. The summed E-state index contributed by atoms with van der Waals surface area (Å²) in [5, 5.41) is 0. The molecule has 0 aliphatic carbocycles. The van der Waals surface area contributed by atoms with Crippen LogP contribution in [0.5, 0.6) is 11.5 Å². The van der Waals surface area contributed by atoms with Crippen molar-refractivity contribution in [2.75, 3.05) is 27.3 Å². The van der Waals surface area contributed by atoms with Crippen molar-refractivity contribution in [2.24, 2.45) is 30.0 Å². The van der Waals surface area contributed by atoms with E-state index in [-0.39, 0.29) is 0 Å². The maximum absolute atomic E-state index is 5.39. The van der Waals surface area contributed by atoms with Crippen molar-refractivity contribution in [1.29, 1.82) is 0 Å². The molecule has 4 heterocycles. The van der Waals surface area contributed by atoms with Gasteiger partial charge in [-0.1, -0.05) is 0 Å². The Bertz CT molecular complexity index is 1410. The van der Waals surface area contributed by atoms with E-state index in [4.69, 9.17) is 39.4 Å². The molecule has 0 N–H and O–H groups in total. The summed E-state index contributed by atoms with van der Waals surface area (Å²) in [7, 11) is 3.31.